The van der Waals surface area contributed by atoms with Gasteiger partial charge in [0.2, 0.25) is 5.69 Å². The van der Waals surface area contributed by atoms with Crippen LogP contribution in [0.4, 0.5) is 4.39 Å². The van der Waals surface area contributed by atoms with Crippen LogP contribution in [0.15, 0.2) is 87.0 Å². The minimum atomic E-state index is -0.849. The number of carbonyl (C=O) groups is 1. The van der Waals surface area contributed by atoms with Crippen LogP contribution >= 0.6 is 0 Å². The Kier molecular flexibility index (Phi) is 5.57. The SMILES string of the molecule is O=C(NCc1ccco1)c1nn(-c2ccccc2)c(=O)n(Cc2ccc(F)cc2)c1=O. The number of nitrogens with zero attached hydrogens (tertiary/aromatic N) is 3. The Morgan fingerprint density at radius 2 is 1.74 bits per heavy atom. The first-order chi connectivity index (χ1) is 15.0. The van der Waals surface area contributed by atoms with E-state index in [0.717, 1.165) is 9.25 Å². The largest absolute Gasteiger partial charge is 0.467 e. The number of nitrogens with one attached hydrogen (secondary N) is 1. The molecular weight excluding hydrogens is 403 g/mol. The number of carbonyl (C=O) groups excluding carboxylic acids is 1. The van der Waals surface area contributed by atoms with Crippen molar-refractivity contribution in [1.82, 2.24) is 19.7 Å². The van der Waals surface area contributed by atoms with Crippen molar-refractivity contribution >= 4 is 5.91 Å². The lowest BCUT2D eigenvalue weighted by molar-refractivity contribution is 0.0938. The van der Waals surface area contributed by atoms with Gasteiger partial charge in [0.25, 0.3) is 11.5 Å². The van der Waals surface area contributed by atoms with E-state index in [0.29, 0.717) is 17.0 Å². The summed E-state index contributed by atoms with van der Waals surface area (Å²) in [5, 5.41) is 6.59. The molecule has 2 aromatic heterocycles. The fraction of sp³-hybridized carbons (Fsp3) is 0.0909. The second-order valence-corrected chi connectivity index (χ2v) is 6.66. The van der Waals surface area contributed by atoms with Crippen LogP contribution in [0.5, 0.6) is 0 Å². The van der Waals surface area contributed by atoms with Crippen molar-refractivity contribution in [3.05, 3.63) is 117 Å². The lowest BCUT2D eigenvalue weighted by Gasteiger charge is -2.12. The van der Waals surface area contributed by atoms with Crippen molar-refractivity contribution in [2.75, 3.05) is 0 Å². The molecule has 0 saturated carbocycles. The monoisotopic (exact) mass is 420 g/mol. The van der Waals surface area contributed by atoms with E-state index in [-0.39, 0.29) is 13.1 Å². The van der Waals surface area contributed by atoms with E-state index in [2.05, 4.69) is 10.4 Å². The molecule has 0 fully saturated rings. The van der Waals surface area contributed by atoms with Crippen molar-refractivity contribution in [2.24, 2.45) is 0 Å². The Labute approximate surface area is 175 Å². The Balaban J connectivity index is 1.78. The smallest absolute Gasteiger partial charge is 0.352 e. The van der Waals surface area contributed by atoms with Gasteiger partial charge in [-0.25, -0.2) is 9.18 Å². The first-order valence-corrected chi connectivity index (χ1v) is 9.37. The molecule has 9 heteroatoms. The summed E-state index contributed by atoms with van der Waals surface area (Å²) in [6.45, 7) is -0.0961. The molecule has 8 nitrogen and oxygen atoms in total. The maximum Gasteiger partial charge on any atom is 0.352 e. The number of hydrogen-bond acceptors (Lipinski definition) is 5. The van der Waals surface area contributed by atoms with Gasteiger partial charge in [-0.05, 0) is 42.0 Å². The number of aromatic nitrogens is 3. The molecule has 0 spiro atoms. The van der Waals surface area contributed by atoms with Crippen molar-refractivity contribution in [3.8, 4) is 5.69 Å². The molecule has 0 aliphatic heterocycles. The molecule has 4 aromatic rings. The van der Waals surface area contributed by atoms with Crippen LogP contribution in [-0.2, 0) is 13.1 Å². The summed E-state index contributed by atoms with van der Waals surface area (Å²) in [5.74, 6) is -0.694. The van der Waals surface area contributed by atoms with Crippen LogP contribution in [0.1, 0.15) is 21.8 Å². The molecule has 0 bridgehead atoms. The second kappa shape index (κ2) is 8.62. The van der Waals surface area contributed by atoms with Gasteiger partial charge in [-0.2, -0.15) is 9.78 Å². The second-order valence-electron chi connectivity index (χ2n) is 6.66. The molecule has 0 saturated heterocycles. The first kappa shape index (κ1) is 20.0. The van der Waals surface area contributed by atoms with Gasteiger partial charge in [-0.15, -0.1) is 0 Å². The Morgan fingerprint density at radius 3 is 2.42 bits per heavy atom. The molecule has 0 unspecified atom stereocenters. The zero-order valence-electron chi connectivity index (χ0n) is 16.2. The average molecular weight is 420 g/mol. The fourth-order valence-electron chi connectivity index (χ4n) is 2.97. The molecule has 1 N–H and O–H groups in total. The van der Waals surface area contributed by atoms with Gasteiger partial charge in [-0.3, -0.25) is 14.2 Å². The van der Waals surface area contributed by atoms with Crippen LogP contribution in [0.3, 0.4) is 0 Å². The third-order valence-corrected chi connectivity index (χ3v) is 4.53. The number of rotatable bonds is 6. The molecule has 31 heavy (non-hydrogen) atoms. The summed E-state index contributed by atoms with van der Waals surface area (Å²) >= 11 is 0. The van der Waals surface area contributed by atoms with Gasteiger partial charge >= 0.3 is 5.69 Å². The predicted octanol–water partition coefficient (Wildman–Crippen LogP) is 2.10. The van der Waals surface area contributed by atoms with Crippen LogP contribution in [0.25, 0.3) is 5.69 Å². The first-order valence-electron chi connectivity index (χ1n) is 9.37. The summed E-state index contributed by atoms with van der Waals surface area (Å²) in [7, 11) is 0. The fourth-order valence-corrected chi connectivity index (χ4v) is 2.97. The molecule has 0 atom stereocenters. The number of benzene rings is 2. The standard InChI is InChI=1S/C22H17FN4O4/c23-16-10-8-15(9-11-16)14-26-21(29)19(20(28)24-13-18-7-4-12-31-18)25-27(22(26)30)17-5-2-1-3-6-17/h1-12H,13-14H2,(H,24,28). The molecule has 2 aromatic carbocycles. The zero-order valence-corrected chi connectivity index (χ0v) is 16.2. The van der Waals surface area contributed by atoms with Crippen molar-refractivity contribution in [1.29, 1.82) is 0 Å². The number of hydrogen-bond donors (Lipinski definition) is 1. The lowest BCUT2D eigenvalue weighted by atomic mass is 10.2. The number of amides is 1. The summed E-state index contributed by atoms with van der Waals surface area (Å²) in [6, 6.07) is 17.2. The van der Waals surface area contributed by atoms with Crippen LogP contribution in [0.2, 0.25) is 0 Å². The van der Waals surface area contributed by atoms with Crippen LogP contribution in [-0.4, -0.2) is 20.3 Å². The average Bonchev–Trinajstić information content (AvgIpc) is 3.31. The van der Waals surface area contributed by atoms with Crippen LogP contribution in [0, 0.1) is 5.82 Å². The van der Waals surface area contributed by atoms with Crippen LogP contribution < -0.4 is 16.6 Å². The summed E-state index contributed by atoms with van der Waals surface area (Å²) in [6.07, 6.45) is 1.46. The Bertz CT molecular complexity index is 1310. The number of furan rings is 1. The maximum absolute atomic E-state index is 13.2. The van der Waals surface area contributed by atoms with E-state index in [1.807, 2.05) is 0 Å². The van der Waals surface area contributed by atoms with Gasteiger partial charge in [0, 0.05) is 0 Å². The van der Waals surface area contributed by atoms with Crippen molar-refractivity contribution < 1.29 is 13.6 Å². The summed E-state index contributed by atoms with van der Waals surface area (Å²) in [5.41, 5.74) is -1.10. The van der Waals surface area contributed by atoms with Gasteiger partial charge < -0.3 is 9.73 Å². The molecule has 0 aliphatic carbocycles. The molecule has 4 rings (SSSR count). The third-order valence-electron chi connectivity index (χ3n) is 4.53. The van der Waals surface area contributed by atoms with Gasteiger partial charge in [-0.1, -0.05) is 30.3 Å². The Hall–Kier alpha value is -4.27. The van der Waals surface area contributed by atoms with Gasteiger partial charge in [0.1, 0.15) is 11.6 Å². The van der Waals surface area contributed by atoms with Gasteiger partial charge in [0.15, 0.2) is 0 Å². The molecule has 0 radical (unpaired) electrons. The number of para-hydroxylation sites is 1. The van der Waals surface area contributed by atoms with E-state index in [4.69, 9.17) is 4.42 Å². The van der Waals surface area contributed by atoms with Crippen molar-refractivity contribution in [3.63, 3.8) is 0 Å². The minimum Gasteiger partial charge on any atom is -0.467 e. The molecule has 2 heterocycles. The predicted molar refractivity (Wildman–Crippen MR) is 109 cm³/mol. The van der Waals surface area contributed by atoms with E-state index < -0.39 is 28.7 Å². The number of halogens is 1. The summed E-state index contributed by atoms with van der Waals surface area (Å²) in [4.78, 5) is 38.7. The zero-order chi connectivity index (χ0) is 21.8. The maximum atomic E-state index is 13.2. The topological polar surface area (TPSA) is 99.1 Å². The van der Waals surface area contributed by atoms with E-state index >= 15 is 0 Å². The normalized spacial score (nSPS) is 10.7. The third kappa shape index (κ3) is 4.35. The van der Waals surface area contributed by atoms with E-state index in [1.165, 1.54) is 30.5 Å². The van der Waals surface area contributed by atoms with Crippen molar-refractivity contribution in [2.45, 2.75) is 13.1 Å². The highest BCUT2D eigenvalue weighted by atomic mass is 19.1. The Morgan fingerprint density at radius 1 is 1.00 bits per heavy atom. The highest BCUT2D eigenvalue weighted by Crippen LogP contribution is 2.06. The highest BCUT2D eigenvalue weighted by molar-refractivity contribution is 5.91. The van der Waals surface area contributed by atoms with E-state index in [9.17, 15) is 18.8 Å². The molecule has 0 aliphatic rings. The van der Waals surface area contributed by atoms with E-state index in [1.54, 1.807) is 42.5 Å². The quantitative estimate of drug-likeness (QED) is 0.515. The highest BCUT2D eigenvalue weighted by Gasteiger charge is 2.20. The molecule has 1 amide bonds. The lowest BCUT2D eigenvalue weighted by Crippen LogP contribution is -2.46. The summed E-state index contributed by atoms with van der Waals surface area (Å²) < 4.78 is 20.3. The molecular formula is C22H17FN4O4. The van der Waals surface area contributed by atoms with Gasteiger partial charge in [0.05, 0.1) is 25.0 Å². The molecule has 156 valence electrons. The minimum absolute atomic E-state index is 0.0510.